The first-order valence-electron chi connectivity index (χ1n) is 9.59. The van der Waals surface area contributed by atoms with Gasteiger partial charge in [0.15, 0.2) is 5.96 Å². The molecule has 0 heterocycles. The van der Waals surface area contributed by atoms with Crippen LogP contribution in [0.2, 0.25) is 0 Å². The second-order valence-corrected chi connectivity index (χ2v) is 9.14. The van der Waals surface area contributed by atoms with E-state index in [1.807, 2.05) is 27.7 Å². The molecule has 1 rings (SSSR count). The van der Waals surface area contributed by atoms with Gasteiger partial charge in [-0.05, 0) is 58.9 Å². The Morgan fingerprint density at radius 1 is 1.07 bits per heavy atom. The summed E-state index contributed by atoms with van der Waals surface area (Å²) in [6, 6.07) is 6.59. The third-order valence-electron chi connectivity index (χ3n) is 3.58. The zero-order valence-corrected chi connectivity index (χ0v) is 18.6. The molecule has 0 unspecified atom stereocenters. The molecule has 0 aromatic heterocycles. The summed E-state index contributed by atoms with van der Waals surface area (Å²) in [7, 11) is -2.06. The molecule has 10 heteroatoms. The highest BCUT2D eigenvalue weighted by Crippen LogP contribution is 2.10. The normalized spacial score (nSPS) is 12.4. The summed E-state index contributed by atoms with van der Waals surface area (Å²) in [5, 5.41) is 9.06. The molecule has 0 aliphatic heterocycles. The van der Waals surface area contributed by atoms with Gasteiger partial charge in [0, 0.05) is 19.6 Å². The van der Waals surface area contributed by atoms with E-state index in [0.29, 0.717) is 38.6 Å². The van der Waals surface area contributed by atoms with Crippen molar-refractivity contribution in [3.8, 4) is 0 Å². The van der Waals surface area contributed by atoms with Crippen molar-refractivity contribution in [1.29, 1.82) is 0 Å². The average molecular weight is 428 g/mol. The van der Waals surface area contributed by atoms with E-state index < -0.39 is 21.7 Å². The molecule has 1 amide bonds. The Kier molecular flexibility index (Phi) is 9.90. The molecule has 9 nitrogen and oxygen atoms in total. The summed E-state index contributed by atoms with van der Waals surface area (Å²) in [4.78, 5) is 16.3. The summed E-state index contributed by atoms with van der Waals surface area (Å²) in [5.74, 6) is 0.650. The van der Waals surface area contributed by atoms with E-state index in [-0.39, 0.29) is 4.90 Å². The summed E-state index contributed by atoms with van der Waals surface area (Å²) < 4.78 is 31.0. The molecule has 0 atom stereocenters. The van der Waals surface area contributed by atoms with Gasteiger partial charge in [0.25, 0.3) is 0 Å². The molecule has 4 N–H and O–H groups in total. The number of benzene rings is 1. The summed E-state index contributed by atoms with van der Waals surface area (Å²) >= 11 is 0. The number of carbonyl (C=O) groups is 1. The van der Waals surface area contributed by atoms with Gasteiger partial charge in [-0.2, -0.15) is 0 Å². The van der Waals surface area contributed by atoms with Crippen LogP contribution in [-0.4, -0.2) is 52.8 Å². The van der Waals surface area contributed by atoms with E-state index in [1.54, 1.807) is 24.3 Å². The first kappa shape index (κ1) is 24.7. The number of nitrogens with one attached hydrogen (secondary N) is 4. The third kappa shape index (κ3) is 10.1. The van der Waals surface area contributed by atoms with Gasteiger partial charge in [-0.3, -0.25) is 0 Å². The van der Waals surface area contributed by atoms with E-state index in [9.17, 15) is 13.2 Å². The largest absolute Gasteiger partial charge is 0.444 e. The molecule has 29 heavy (non-hydrogen) atoms. The maximum atomic E-state index is 11.8. The number of hydrogen-bond donors (Lipinski definition) is 4. The molecule has 0 fully saturated rings. The molecular weight excluding hydrogens is 394 g/mol. The second kappa shape index (κ2) is 11.6. The predicted molar refractivity (Wildman–Crippen MR) is 114 cm³/mol. The lowest BCUT2D eigenvalue weighted by atomic mass is 10.2. The molecule has 0 spiro atoms. The number of rotatable bonds is 9. The minimum atomic E-state index is -3.44. The maximum absolute atomic E-state index is 11.8. The minimum absolute atomic E-state index is 0.218. The maximum Gasteiger partial charge on any atom is 0.407 e. The number of nitrogens with zero attached hydrogens (tertiary/aromatic N) is 1. The van der Waals surface area contributed by atoms with Crippen molar-refractivity contribution in [1.82, 2.24) is 20.7 Å². The highest BCUT2D eigenvalue weighted by Gasteiger charge is 2.15. The Balaban J connectivity index is 2.48. The fraction of sp³-hybridized carbons (Fsp3) is 0.579. The lowest BCUT2D eigenvalue weighted by Gasteiger charge is -2.19. The third-order valence-corrected chi connectivity index (χ3v) is 5.01. The molecule has 0 saturated heterocycles. The Labute approximate surface area is 173 Å². The van der Waals surface area contributed by atoms with Gasteiger partial charge in [-0.25, -0.2) is 22.9 Å². The monoisotopic (exact) mass is 427 g/mol. The van der Waals surface area contributed by atoms with E-state index in [0.717, 1.165) is 5.56 Å². The van der Waals surface area contributed by atoms with Crippen molar-refractivity contribution < 1.29 is 17.9 Å². The summed E-state index contributed by atoms with van der Waals surface area (Å²) in [6.45, 7) is 9.66. The fourth-order valence-electron chi connectivity index (χ4n) is 2.20. The van der Waals surface area contributed by atoms with Gasteiger partial charge in [-0.15, -0.1) is 0 Å². The Bertz CT molecular complexity index is 771. The molecule has 1 aromatic rings. The first-order chi connectivity index (χ1) is 13.6. The van der Waals surface area contributed by atoms with Crippen molar-refractivity contribution >= 4 is 22.1 Å². The number of ether oxygens (including phenoxy) is 1. The molecule has 0 aliphatic rings. The first-order valence-corrected chi connectivity index (χ1v) is 11.1. The zero-order chi connectivity index (χ0) is 21.9. The van der Waals surface area contributed by atoms with Gasteiger partial charge in [-0.1, -0.05) is 12.1 Å². The van der Waals surface area contributed by atoms with E-state index >= 15 is 0 Å². The minimum Gasteiger partial charge on any atom is -0.444 e. The number of sulfonamides is 1. The Hall–Kier alpha value is -2.33. The Morgan fingerprint density at radius 3 is 2.24 bits per heavy atom. The predicted octanol–water partition coefficient (Wildman–Crippen LogP) is 1.56. The standard InChI is InChI=1S/C19H33N5O4S/c1-6-21-17(22-12-7-13-23-18(25)28-19(2,3)4)24-14-15-8-10-16(11-9-15)29(26,27)20-5/h8-11,20H,6-7,12-14H2,1-5H3,(H,23,25)(H2,21,22,24). The topological polar surface area (TPSA) is 121 Å². The van der Waals surface area contributed by atoms with Crippen LogP contribution in [0, 0.1) is 0 Å². The number of alkyl carbamates (subject to hydrolysis) is 1. The number of aliphatic imine (C=N–C) groups is 1. The molecule has 1 aromatic carbocycles. The smallest absolute Gasteiger partial charge is 0.407 e. The zero-order valence-electron chi connectivity index (χ0n) is 17.8. The van der Waals surface area contributed by atoms with Crippen molar-refractivity contribution in [2.45, 2.75) is 51.2 Å². The Morgan fingerprint density at radius 2 is 1.69 bits per heavy atom. The van der Waals surface area contributed by atoms with Crippen molar-refractivity contribution in [2.75, 3.05) is 26.7 Å². The molecule has 164 valence electrons. The molecular formula is C19H33N5O4S. The second-order valence-electron chi connectivity index (χ2n) is 7.26. The van der Waals surface area contributed by atoms with E-state index in [4.69, 9.17) is 4.74 Å². The fourth-order valence-corrected chi connectivity index (χ4v) is 2.93. The van der Waals surface area contributed by atoms with Gasteiger partial charge in [0.05, 0.1) is 11.4 Å². The van der Waals surface area contributed by atoms with Gasteiger partial charge in [0.1, 0.15) is 5.60 Å². The van der Waals surface area contributed by atoms with Crippen LogP contribution < -0.4 is 20.7 Å². The summed E-state index contributed by atoms with van der Waals surface area (Å²) in [6.07, 6.45) is 0.280. The highest BCUT2D eigenvalue weighted by atomic mass is 32.2. The lowest BCUT2D eigenvalue weighted by molar-refractivity contribution is 0.0527. The van der Waals surface area contributed by atoms with Gasteiger partial charge in [0.2, 0.25) is 10.0 Å². The molecule has 0 aliphatic carbocycles. The van der Waals surface area contributed by atoms with Gasteiger partial charge >= 0.3 is 6.09 Å². The van der Waals surface area contributed by atoms with Gasteiger partial charge < -0.3 is 20.7 Å². The van der Waals surface area contributed by atoms with E-state index in [2.05, 4.69) is 25.7 Å². The van der Waals surface area contributed by atoms with Crippen LogP contribution in [0.1, 0.15) is 39.7 Å². The molecule has 0 saturated carbocycles. The van der Waals surface area contributed by atoms with Crippen LogP contribution in [-0.2, 0) is 21.3 Å². The van der Waals surface area contributed by atoms with Crippen molar-refractivity contribution in [3.05, 3.63) is 29.8 Å². The highest BCUT2D eigenvalue weighted by molar-refractivity contribution is 7.89. The van der Waals surface area contributed by atoms with Crippen molar-refractivity contribution in [3.63, 3.8) is 0 Å². The molecule has 0 bridgehead atoms. The van der Waals surface area contributed by atoms with Crippen molar-refractivity contribution in [2.24, 2.45) is 4.99 Å². The number of carbonyl (C=O) groups excluding carboxylic acids is 1. The lowest BCUT2D eigenvalue weighted by Crippen LogP contribution is -2.39. The van der Waals surface area contributed by atoms with Crippen LogP contribution >= 0.6 is 0 Å². The summed E-state index contributed by atoms with van der Waals surface area (Å²) in [5.41, 5.74) is 0.381. The number of hydrogen-bond acceptors (Lipinski definition) is 5. The molecule has 0 radical (unpaired) electrons. The average Bonchev–Trinajstić information content (AvgIpc) is 2.64. The number of guanidine groups is 1. The van der Waals surface area contributed by atoms with Crippen LogP contribution in [0.15, 0.2) is 34.2 Å². The van der Waals surface area contributed by atoms with E-state index in [1.165, 1.54) is 7.05 Å². The quantitative estimate of drug-likeness (QED) is 0.270. The van der Waals surface area contributed by atoms with Crippen LogP contribution in [0.4, 0.5) is 4.79 Å². The van der Waals surface area contributed by atoms with Crippen LogP contribution in [0.25, 0.3) is 0 Å². The van der Waals surface area contributed by atoms with Crippen LogP contribution in [0.5, 0.6) is 0 Å². The SMILES string of the molecule is CCNC(=NCc1ccc(S(=O)(=O)NC)cc1)NCCCNC(=O)OC(C)(C)C. The number of amides is 1. The van der Waals surface area contributed by atoms with Crippen LogP contribution in [0.3, 0.4) is 0 Å².